The van der Waals surface area contributed by atoms with Gasteiger partial charge in [-0.1, -0.05) is 30.4 Å². The van der Waals surface area contributed by atoms with Crippen LogP contribution in [0.1, 0.15) is 13.8 Å². The molecule has 0 fully saturated rings. The Hall–Kier alpha value is -1.84. The number of carbonyl (C=O) groups is 2. The zero-order chi connectivity index (χ0) is 12.7. The summed E-state index contributed by atoms with van der Waals surface area (Å²) in [5, 5.41) is 0. The van der Waals surface area contributed by atoms with Crippen LogP contribution in [-0.2, 0) is 19.1 Å². The lowest BCUT2D eigenvalue weighted by molar-refractivity contribution is -0.148. The SMILES string of the molecule is CCOC(=O)C1=CC=CC=CC1C(=O)OCC. The van der Waals surface area contributed by atoms with E-state index < -0.39 is 17.9 Å². The Morgan fingerprint density at radius 2 is 1.82 bits per heavy atom. The van der Waals surface area contributed by atoms with Gasteiger partial charge in [0.05, 0.1) is 18.8 Å². The molecule has 0 saturated carbocycles. The van der Waals surface area contributed by atoms with Crippen molar-refractivity contribution in [1.82, 2.24) is 0 Å². The van der Waals surface area contributed by atoms with Gasteiger partial charge in [-0.05, 0) is 13.8 Å². The number of carbonyl (C=O) groups excluding carboxylic acids is 2. The molecule has 0 saturated heterocycles. The van der Waals surface area contributed by atoms with Crippen LogP contribution in [0.25, 0.3) is 0 Å². The lowest BCUT2D eigenvalue weighted by atomic mass is 9.99. The third-order valence-corrected chi connectivity index (χ3v) is 2.19. The maximum Gasteiger partial charge on any atom is 0.335 e. The first kappa shape index (κ1) is 13.2. The topological polar surface area (TPSA) is 52.6 Å². The Labute approximate surface area is 101 Å². The van der Waals surface area contributed by atoms with E-state index in [4.69, 9.17) is 9.47 Å². The van der Waals surface area contributed by atoms with Gasteiger partial charge in [-0.15, -0.1) is 0 Å². The largest absolute Gasteiger partial charge is 0.465 e. The number of esters is 2. The summed E-state index contributed by atoms with van der Waals surface area (Å²) < 4.78 is 9.84. The summed E-state index contributed by atoms with van der Waals surface area (Å²) >= 11 is 0. The van der Waals surface area contributed by atoms with Gasteiger partial charge in [-0.3, -0.25) is 4.79 Å². The van der Waals surface area contributed by atoms with E-state index in [2.05, 4.69) is 0 Å². The van der Waals surface area contributed by atoms with Crippen molar-refractivity contribution in [3.05, 3.63) is 36.0 Å². The second-order valence-corrected chi connectivity index (χ2v) is 3.34. The minimum absolute atomic E-state index is 0.277. The second kappa shape index (κ2) is 6.68. The number of rotatable bonds is 4. The van der Waals surface area contributed by atoms with Crippen molar-refractivity contribution in [1.29, 1.82) is 0 Å². The standard InChI is InChI=1S/C13H16O4/c1-3-16-12(14)10-8-6-5-7-9-11(10)13(15)17-4-2/h5-10H,3-4H2,1-2H3. The van der Waals surface area contributed by atoms with Crippen molar-refractivity contribution in [3.63, 3.8) is 0 Å². The highest BCUT2D eigenvalue weighted by Crippen LogP contribution is 2.19. The summed E-state index contributed by atoms with van der Waals surface area (Å²) in [6.07, 6.45) is 8.37. The molecule has 0 heterocycles. The monoisotopic (exact) mass is 236 g/mol. The van der Waals surface area contributed by atoms with E-state index in [0.717, 1.165) is 0 Å². The van der Waals surface area contributed by atoms with Gasteiger partial charge in [-0.25, -0.2) is 4.79 Å². The molecule has 92 valence electrons. The van der Waals surface area contributed by atoms with Gasteiger partial charge in [0.15, 0.2) is 0 Å². The fourth-order valence-corrected chi connectivity index (χ4v) is 1.45. The maximum absolute atomic E-state index is 11.7. The molecule has 4 nitrogen and oxygen atoms in total. The van der Waals surface area contributed by atoms with E-state index in [1.807, 2.05) is 0 Å². The van der Waals surface area contributed by atoms with E-state index in [0.29, 0.717) is 5.57 Å². The molecule has 0 bridgehead atoms. The number of allylic oxidation sites excluding steroid dienone is 4. The highest BCUT2D eigenvalue weighted by Gasteiger charge is 2.27. The van der Waals surface area contributed by atoms with Gasteiger partial charge in [0.1, 0.15) is 5.92 Å². The molecule has 0 aromatic carbocycles. The van der Waals surface area contributed by atoms with Crippen LogP contribution in [0.4, 0.5) is 0 Å². The summed E-state index contributed by atoms with van der Waals surface area (Å²) in [7, 11) is 0. The number of ether oxygens (including phenoxy) is 2. The summed E-state index contributed by atoms with van der Waals surface area (Å²) in [6.45, 7) is 4.01. The molecule has 17 heavy (non-hydrogen) atoms. The fraction of sp³-hybridized carbons (Fsp3) is 0.385. The molecule has 0 N–H and O–H groups in total. The van der Waals surface area contributed by atoms with Crippen molar-refractivity contribution in [2.45, 2.75) is 13.8 Å². The van der Waals surface area contributed by atoms with Crippen LogP contribution < -0.4 is 0 Å². The smallest absolute Gasteiger partial charge is 0.335 e. The normalized spacial score (nSPS) is 18.2. The summed E-state index contributed by atoms with van der Waals surface area (Å²) in [5.74, 6) is -1.61. The molecule has 0 amide bonds. The van der Waals surface area contributed by atoms with E-state index >= 15 is 0 Å². The molecule has 0 spiro atoms. The predicted molar refractivity (Wildman–Crippen MR) is 63.1 cm³/mol. The van der Waals surface area contributed by atoms with E-state index in [9.17, 15) is 9.59 Å². The van der Waals surface area contributed by atoms with Crippen LogP contribution in [0, 0.1) is 5.92 Å². The summed E-state index contributed by atoms with van der Waals surface area (Å²) in [5.41, 5.74) is 0.301. The lowest BCUT2D eigenvalue weighted by Crippen LogP contribution is -2.23. The van der Waals surface area contributed by atoms with E-state index in [1.165, 1.54) is 0 Å². The Morgan fingerprint density at radius 3 is 2.47 bits per heavy atom. The van der Waals surface area contributed by atoms with Gasteiger partial charge >= 0.3 is 11.9 Å². The van der Waals surface area contributed by atoms with Crippen molar-refractivity contribution in [2.24, 2.45) is 5.92 Å². The van der Waals surface area contributed by atoms with Crippen LogP contribution >= 0.6 is 0 Å². The Bertz CT molecular complexity index is 377. The van der Waals surface area contributed by atoms with Gasteiger partial charge in [0, 0.05) is 0 Å². The van der Waals surface area contributed by atoms with Crippen LogP contribution in [-0.4, -0.2) is 25.2 Å². The van der Waals surface area contributed by atoms with Crippen LogP contribution in [0.3, 0.4) is 0 Å². The number of hydrogen-bond donors (Lipinski definition) is 0. The molecule has 1 rings (SSSR count). The highest BCUT2D eigenvalue weighted by molar-refractivity contribution is 5.97. The average Bonchev–Trinajstić information content (AvgIpc) is 2.54. The first-order chi connectivity index (χ1) is 8.20. The van der Waals surface area contributed by atoms with Crippen molar-refractivity contribution in [2.75, 3.05) is 13.2 Å². The fourth-order valence-electron chi connectivity index (χ4n) is 1.45. The first-order valence-electron chi connectivity index (χ1n) is 5.59. The molecule has 0 aliphatic heterocycles. The van der Waals surface area contributed by atoms with Gasteiger partial charge < -0.3 is 9.47 Å². The third kappa shape index (κ3) is 3.59. The third-order valence-electron chi connectivity index (χ3n) is 2.19. The molecule has 1 atom stereocenters. The molecule has 1 aliphatic rings. The Morgan fingerprint density at radius 1 is 1.12 bits per heavy atom. The molecule has 0 radical (unpaired) electrons. The van der Waals surface area contributed by atoms with Crippen LogP contribution in [0.5, 0.6) is 0 Å². The average molecular weight is 236 g/mol. The van der Waals surface area contributed by atoms with Crippen molar-refractivity contribution < 1.29 is 19.1 Å². The highest BCUT2D eigenvalue weighted by atomic mass is 16.5. The van der Waals surface area contributed by atoms with Gasteiger partial charge in [0.25, 0.3) is 0 Å². The molecule has 1 aliphatic carbocycles. The minimum atomic E-state index is -0.691. The van der Waals surface area contributed by atoms with Crippen molar-refractivity contribution >= 4 is 11.9 Å². The minimum Gasteiger partial charge on any atom is -0.465 e. The molecular weight excluding hydrogens is 220 g/mol. The Kier molecular flexibility index (Phi) is 5.20. The second-order valence-electron chi connectivity index (χ2n) is 3.34. The van der Waals surface area contributed by atoms with Crippen LogP contribution in [0.2, 0.25) is 0 Å². The lowest BCUT2D eigenvalue weighted by Gasteiger charge is -2.13. The zero-order valence-corrected chi connectivity index (χ0v) is 10.0. The Balaban J connectivity index is 2.91. The zero-order valence-electron chi connectivity index (χ0n) is 10.0. The summed E-state index contributed by atoms with van der Waals surface area (Å²) in [6, 6.07) is 0. The first-order valence-corrected chi connectivity index (χ1v) is 5.59. The molecule has 0 aromatic heterocycles. The molecular formula is C13H16O4. The quantitative estimate of drug-likeness (QED) is 0.698. The molecule has 0 aromatic rings. The summed E-state index contributed by atoms with van der Waals surface area (Å²) in [4.78, 5) is 23.4. The van der Waals surface area contributed by atoms with Gasteiger partial charge in [0.2, 0.25) is 0 Å². The van der Waals surface area contributed by atoms with Crippen LogP contribution in [0.15, 0.2) is 36.0 Å². The maximum atomic E-state index is 11.7. The van der Waals surface area contributed by atoms with Gasteiger partial charge in [-0.2, -0.15) is 0 Å². The van der Waals surface area contributed by atoms with E-state index in [1.54, 1.807) is 44.2 Å². The molecule has 4 heteroatoms. The number of hydrogen-bond acceptors (Lipinski definition) is 4. The molecule has 1 unspecified atom stereocenters. The van der Waals surface area contributed by atoms with Crippen molar-refractivity contribution in [3.8, 4) is 0 Å². The predicted octanol–water partition coefficient (Wildman–Crippen LogP) is 1.78. The van der Waals surface area contributed by atoms with E-state index in [-0.39, 0.29) is 13.2 Å².